The highest BCUT2D eigenvalue weighted by Gasteiger charge is 2.32. The summed E-state index contributed by atoms with van der Waals surface area (Å²) < 4.78 is 2.36. The van der Waals surface area contributed by atoms with E-state index in [9.17, 15) is 0 Å². The van der Waals surface area contributed by atoms with Gasteiger partial charge in [0.15, 0.2) is 5.33 Å². The first-order valence-electron chi connectivity index (χ1n) is 8.21. The Balaban J connectivity index is 1.76. The summed E-state index contributed by atoms with van der Waals surface area (Å²) in [5.41, 5.74) is 6.54. The summed E-state index contributed by atoms with van der Waals surface area (Å²) in [6, 6.07) is 21.8. The highest BCUT2D eigenvalue weighted by molar-refractivity contribution is 6.90. The molecule has 0 fully saturated rings. The van der Waals surface area contributed by atoms with Crippen LogP contribution in [0.3, 0.4) is 0 Å². The maximum Gasteiger partial charge on any atom is 0.226 e. The maximum atomic E-state index is 3.65. The van der Waals surface area contributed by atoms with Crippen LogP contribution in [-0.2, 0) is 0 Å². The van der Waals surface area contributed by atoms with Crippen molar-refractivity contribution in [2.45, 2.75) is 6.92 Å². The van der Waals surface area contributed by atoms with Crippen LogP contribution in [-0.4, -0.2) is 31.5 Å². The van der Waals surface area contributed by atoms with Crippen molar-refractivity contribution in [3.63, 3.8) is 0 Å². The summed E-state index contributed by atoms with van der Waals surface area (Å²) in [5.74, 6) is 0. The van der Waals surface area contributed by atoms with Crippen LogP contribution in [0.5, 0.6) is 0 Å². The second-order valence-electron chi connectivity index (χ2n) is 6.40. The standard InChI is InChI=1S/C21H17N2Si/c1-13-7-3-4-8-14(13)21-23(2)18-12-11-16-15-9-5-6-10-17(15)22-19(16)20(18)24-21/h3-12,22H,1-2H3/q+1. The SMILES string of the molecule is Cc1ccccc1C1=[N+](C)c2ccc3c([nH]c4ccccc43)c2[Si]1. The lowest BCUT2D eigenvalue weighted by atomic mass is 10.1. The molecule has 1 aliphatic rings. The van der Waals surface area contributed by atoms with E-state index in [1.54, 1.807) is 0 Å². The first-order valence-corrected chi connectivity index (χ1v) is 9.21. The van der Waals surface area contributed by atoms with Crippen molar-refractivity contribution in [2.75, 3.05) is 7.05 Å². The predicted molar refractivity (Wildman–Crippen MR) is 102 cm³/mol. The monoisotopic (exact) mass is 325 g/mol. The average molecular weight is 325 g/mol. The summed E-state index contributed by atoms with van der Waals surface area (Å²) in [6.07, 6.45) is 0. The zero-order valence-electron chi connectivity index (χ0n) is 13.7. The van der Waals surface area contributed by atoms with Crippen molar-refractivity contribution < 1.29 is 4.58 Å². The Kier molecular flexibility index (Phi) is 2.82. The number of aryl methyl sites for hydroxylation is 1. The van der Waals surface area contributed by atoms with Gasteiger partial charge in [-0.3, -0.25) is 0 Å². The van der Waals surface area contributed by atoms with Gasteiger partial charge in [-0.25, -0.2) is 4.58 Å². The fourth-order valence-corrected chi connectivity index (χ4v) is 5.36. The van der Waals surface area contributed by atoms with Gasteiger partial charge in [0.2, 0.25) is 15.2 Å². The summed E-state index contributed by atoms with van der Waals surface area (Å²) in [4.78, 5) is 3.65. The molecule has 0 spiro atoms. The van der Waals surface area contributed by atoms with Crippen molar-refractivity contribution in [1.29, 1.82) is 0 Å². The molecular weight excluding hydrogens is 308 g/mol. The minimum absolute atomic E-state index is 0.675. The molecule has 0 atom stereocenters. The van der Waals surface area contributed by atoms with E-state index in [2.05, 4.69) is 84.2 Å². The molecule has 1 N–H and O–H groups in total. The molecule has 2 radical (unpaired) electrons. The molecule has 3 heteroatoms. The summed E-state index contributed by atoms with van der Waals surface area (Å²) in [6.45, 7) is 2.20. The Labute approximate surface area is 143 Å². The third-order valence-electron chi connectivity index (χ3n) is 5.00. The predicted octanol–water partition coefficient (Wildman–Crippen LogP) is 3.69. The highest BCUT2D eigenvalue weighted by Crippen LogP contribution is 2.29. The van der Waals surface area contributed by atoms with Crippen LogP contribution >= 0.6 is 0 Å². The highest BCUT2D eigenvalue weighted by atomic mass is 28.2. The van der Waals surface area contributed by atoms with Gasteiger partial charge in [-0.1, -0.05) is 36.4 Å². The van der Waals surface area contributed by atoms with Crippen LogP contribution in [0.25, 0.3) is 21.8 Å². The minimum atomic E-state index is 0.675. The second-order valence-corrected chi connectivity index (χ2v) is 7.62. The lowest BCUT2D eigenvalue weighted by Gasteiger charge is -2.02. The van der Waals surface area contributed by atoms with Crippen molar-refractivity contribution in [2.24, 2.45) is 0 Å². The van der Waals surface area contributed by atoms with Gasteiger partial charge in [-0.15, -0.1) is 0 Å². The van der Waals surface area contributed by atoms with Gasteiger partial charge >= 0.3 is 0 Å². The quantitative estimate of drug-likeness (QED) is 0.406. The van der Waals surface area contributed by atoms with Crippen LogP contribution in [0.2, 0.25) is 0 Å². The molecular formula is C21H17N2Si+. The van der Waals surface area contributed by atoms with Crippen molar-refractivity contribution >= 4 is 47.5 Å². The molecule has 0 saturated carbocycles. The van der Waals surface area contributed by atoms with Crippen molar-refractivity contribution in [3.05, 3.63) is 71.8 Å². The van der Waals surface area contributed by atoms with Crippen molar-refractivity contribution in [1.82, 2.24) is 4.98 Å². The van der Waals surface area contributed by atoms with Gasteiger partial charge < -0.3 is 4.98 Å². The number of H-pyrrole nitrogens is 1. The van der Waals surface area contributed by atoms with Gasteiger partial charge in [0.25, 0.3) is 0 Å². The topological polar surface area (TPSA) is 18.8 Å². The van der Waals surface area contributed by atoms with E-state index in [0.29, 0.717) is 9.52 Å². The van der Waals surface area contributed by atoms with Gasteiger partial charge in [0, 0.05) is 33.1 Å². The smallest absolute Gasteiger partial charge is 0.226 e. The fraction of sp³-hybridized carbons (Fsp3) is 0.0952. The molecule has 0 unspecified atom stereocenters. The third-order valence-corrected chi connectivity index (χ3v) is 6.60. The Hall–Kier alpha value is -2.65. The fourth-order valence-electron chi connectivity index (χ4n) is 3.72. The molecule has 5 rings (SSSR count). The Bertz CT molecular complexity index is 1150. The molecule has 1 aromatic heterocycles. The van der Waals surface area contributed by atoms with Gasteiger partial charge in [0.1, 0.15) is 7.05 Å². The molecule has 2 nitrogen and oxygen atoms in total. The molecule has 2 heterocycles. The Morgan fingerprint density at radius 2 is 1.67 bits per heavy atom. The number of aromatic amines is 1. The third kappa shape index (κ3) is 1.79. The Morgan fingerprint density at radius 1 is 0.875 bits per heavy atom. The zero-order valence-corrected chi connectivity index (χ0v) is 14.7. The van der Waals surface area contributed by atoms with Crippen molar-refractivity contribution in [3.8, 4) is 0 Å². The first-order chi connectivity index (χ1) is 11.7. The largest absolute Gasteiger partial charge is 0.354 e. The average Bonchev–Trinajstić information content (AvgIpc) is 3.14. The van der Waals surface area contributed by atoms with E-state index in [4.69, 9.17) is 0 Å². The van der Waals surface area contributed by atoms with Crippen LogP contribution in [0.1, 0.15) is 11.1 Å². The number of para-hydroxylation sites is 1. The first kappa shape index (κ1) is 13.8. The van der Waals surface area contributed by atoms with Gasteiger partial charge in [-0.05, 0) is 30.7 Å². The number of hydrogen-bond donors (Lipinski definition) is 1. The van der Waals surface area contributed by atoms with E-state index in [0.717, 1.165) is 0 Å². The van der Waals surface area contributed by atoms with E-state index in [-0.39, 0.29) is 0 Å². The minimum Gasteiger partial charge on any atom is -0.354 e. The molecule has 0 saturated heterocycles. The molecule has 0 aliphatic carbocycles. The van der Waals surface area contributed by atoms with E-state index in [1.165, 1.54) is 49.1 Å². The number of nitrogens with zero attached hydrogens (tertiary/aromatic N) is 1. The normalized spacial score (nSPS) is 13.9. The molecule has 4 aromatic rings. The maximum absolute atomic E-state index is 3.65. The van der Waals surface area contributed by atoms with Crippen LogP contribution in [0.4, 0.5) is 5.69 Å². The number of hydrogen-bond acceptors (Lipinski definition) is 0. The number of fused-ring (bicyclic) bond motifs is 5. The molecule has 0 amide bonds. The molecule has 114 valence electrons. The van der Waals surface area contributed by atoms with Crippen LogP contribution in [0, 0.1) is 6.92 Å². The number of nitrogens with one attached hydrogen (secondary N) is 1. The van der Waals surface area contributed by atoms with Crippen LogP contribution < -0.4 is 5.19 Å². The lowest BCUT2D eigenvalue weighted by Crippen LogP contribution is -2.22. The molecule has 0 bridgehead atoms. The molecule has 3 aromatic carbocycles. The summed E-state index contributed by atoms with van der Waals surface area (Å²) >= 11 is 0. The van der Waals surface area contributed by atoms with Gasteiger partial charge in [0.05, 0.1) is 5.52 Å². The van der Waals surface area contributed by atoms with E-state index >= 15 is 0 Å². The van der Waals surface area contributed by atoms with E-state index in [1.807, 2.05) is 0 Å². The summed E-state index contributed by atoms with van der Waals surface area (Å²) in [5, 5.41) is 5.49. The Morgan fingerprint density at radius 3 is 2.54 bits per heavy atom. The lowest BCUT2D eigenvalue weighted by molar-refractivity contribution is -0.398. The molecule has 24 heavy (non-hydrogen) atoms. The van der Waals surface area contributed by atoms with Gasteiger partial charge in [-0.2, -0.15) is 0 Å². The van der Waals surface area contributed by atoms with Crippen LogP contribution in [0.15, 0.2) is 60.7 Å². The number of benzene rings is 3. The zero-order chi connectivity index (χ0) is 16.3. The number of rotatable bonds is 1. The summed E-state index contributed by atoms with van der Waals surface area (Å²) in [7, 11) is 2.86. The second kappa shape index (κ2) is 4.92. The molecule has 1 aliphatic heterocycles. The van der Waals surface area contributed by atoms with E-state index < -0.39 is 0 Å². The number of aromatic nitrogens is 1.